The van der Waals surface area contributed by atoms with Gasteiger partial charge in [0.25, 0.3) is 0 Å². The molecule has 4 nitrogen and oxygen atoms in total. The van der Waals surface area contributed by atoms with Gasteiger partial charge in [-0.3, -0.25) is 14.2 Å². The van der Waals surface area contributed by atoms with Gasteiger partial charge in [0, 0.05) is 16.0 Å². The largest absolute Gasteiger partial charge is 0.343 e. The number of thiazole rings is 1. The first-order valence-electron chi connectivity index (χ1n) is 8.65. The van der Waals surface area contributed by atoms with Crippen LogP contribution in [0.25, 0.3) is 0 Å². The zero-order valence-corrected chi connectivity index (χ0v) is 16.5. The van der Waals surface area contributed by atoms with Crippen LogP contribution in [-0.2, 0) is 17.8 Å². The molecule has 2 aromatic heterocycles. The molecule has 1 unspecified atom stereocenters. The minimum absolute atomic E-state index is 0.0456. The van der Waals surface area contributed by atoms with Gasteiger partial charge in [-0.05, 0) is 35.9 Å². The minimum atomic E-state index is -0.201. The number of rotatable bonds is 7. The molecule has 0 bridgehead atoms. The number of carbonyl (C=O) groups excluding carboxylic acids is 1. The van der Waals surface area contributed by atoms with E-state index < -0.39 is 0 Å². The summed E-state index contributed by atoms with van der Waals surface area (Å²) in [6.07, 6.45) is 2.16. The molecule has 1 aromatic carbocycles. The van der Waals surface area contributed by atoms with Gasteiger partial charge in [0.15, 0.2) is 0 Å². The van der Waals surface area contributed by atoms with Crippen LogP contribution in [0.2, 0.25) is 0 Å². The molecule has 1 amide bonds. The molecule has 6 heteroatoms. The molecule has 3 rings (SSSR count). The number of nitrogens with zero attached hydrogens (tertiary/aromatic N) is 1. The minimum Gasteiger partial charge on any atom is -0.343 e. The summed E-state index contributed by atoms with van der Waals surface area (Å²) in [7, 11) is 0. The predicted octanol–water partition coefficient (Wildman–Crippen LogP) is 4.14. The van der Waals surface area contributed by atoms with E-state index in [1.54, 1.807) is 16.7 Å². The Morgan fingerprint density at radius 3 is 2.54 bits per heavy atom. The monoisotopic (exact) mass is 386 g/mol. The van der Waals surface area contributed by atoms with Crippen LogP contribution in [0.4, 0.5) is 0 Å². The van der Waals surface area contributed by atoms with E-state index in [1.807, 2.05) is 24.4 Å². The van der Waals surface area contributed by atoms with Crippen LogP contribution in [0.15, 0.2) is 52.0 Å². The van der Waals surface area contributed by atoms with Crippen LogP contribution in [0.3, 0.4) is 0 Å². The van der Waals surface area contributed by atoms with Crippen LogP contribution in [0.1, 0.15) is 41.1 Å². The summed E-state index contributed by atoms with van der Waals surface area (Å²) < 4.78 is 1.51. The summed E-state index contributed by atoms with van der Waals surface area (Å²) in [4.78, 5) is 25.4. The van der Waals surface area contributed by atoms with Gasteiger partial charge < -0.3 is 5.32 Å². The van der Waals surface area contributed by atoms with Crippen LogP contribution in [0, 0.1) is 6.92 Å². The molecule has 0 radical (unpaired) electrons. The highest BCUT2D eigenvalue weighted by atomic mass is 32.1. The summed E-state index contributed by atoms with van der Waals surface area (Å²) in [5, 5.41) is 6.88. The molecule has 2 heterocycles. The molecule has 26 heavy (non-hydrogen) atoms. The Morgan fingerprint density at radius 1 is 1.19 bits per heavy atom. The second kappa shape index (κ2) is 8.47. The number of nitrogens with one attached hydrogen (secondary N) is 1. The highest BCUT2D eigenvalue weighted by molar-refractivity contribution is 7.10. The van der Waals surface area contributed by atoms with Gasteiger partial charge >= 0.3 is 4.87 Å². The lowest BCUT2D eigenvalue weighted by atomic mass is 10.0. The van der Waals surface area contributed by atoms with Gasteiger partial charge in [-0.15, -0.1) is 11.3 Å². The van der Waals surface area contributed by atoms with Crippen molar-refractivity contribution in [1.82, 2.24) is 9.88 Å². The van der Waals surface area contributed by atoms with Gasteiger partial charge in [0.2, 0.25) is 5.91 Å². The molecule has 0 saturated carbocycles. The first-order valence-corrected chi connectivity index (χ1v) is 10.4. The highest BCUT2D eigenvalue weighted by Gasteiger charge is 2.19. The Morgan fingerprint density at radius 2 is 1.96 bits per heavy atom. The Balaban J connectivity index is 1.81. The van der Waals surface area contributed by atoms with E-state index in [4.69, 9.17) is 0 Å². The van der Waals surface area contributed by atoms with E-state index in [2.05, 4.69) is 36.5 Å². The third-order valence-electron chi connectivity index (χ3n) is 4.26. The fourth-order valence-corrected chi connectivity index (χ4v) is 4.42. The maximum Gasteiger partial charge on any atom is 0.307 e. The van der Waals surface area contributed by atoms with E-state index in [1.165, 1.54) is 10.1 Å². The standard InChI is InChI=1S/C20H22N2O2S2/c1-3-5-15-7-9-16(10-8-15)19(17-6-4-11-25-17)21-18(23)12-22-14(2)13-26-20(22)24/h4,6-11,13,19H,3,5,12H2,1-2H3,(H,21,23). The summed E-state index contributed by atoms with van der Waals surface area (Å²) in [5.41, 5.74) is 3.16. The highest BCUT2D eigenvalue weighted by Crippen LogP contribution is 2.26. The van der Waals surface area contributed by atoms with Crippen molar-refractivity contribution >= 4 is 28.6 Å². The maximum atomic E-state index is 12.6. The molecule has 0 spiro atoms. The molecule has 0 aliphatic rings. The fraction of sp³-hybridized carbons (Fsp3) is 0.300. The first-order chi connectivity index (χ1) is 12.6. The van der Waals surface area contributed by atoms with E-state index in [0.29, 0.717) is 0 Å². The number of amides is 1. The van der Waals surface area contributed by atoms with Crippen molar-refractivity contribution in [2.75, 3.05) is 0 Å². The van der Waals surface area contributed by atoms with Crippen molar-refractivity contribution < 1.29 is 4.79 Å². The molecule has 1 atom stereocenters. The molecule has 0 saturated heterocycles. The van der Waals surface area contributed by atoms with Crippen molar-refractivity contribution in [3.63, 3.8) is 0 Å². The molecule has 0 aliphatic heterocycles. The number of hydrogen-bond acceptors (Lipinski definition) is 4. The van der Waals surface area contributed by atoms with Crippen LogP contribution < -0.4 is 10.2 Å². The number of hydrogen-bond donors (Lipinski definition) is 1. The molecule has 3 aromatic rings. The number of thiophene rings is 1. The summed E-state index contributed by atoms with van der Waals surface area (Å²) in [6.45, 7) is 4.05. The van der Waals surface area contributed by atoms with E-state index in [9.17, 15) is 9.59 Å². The first kappa shape index (κ1) is 18.6. The average molecular weight is 387 g/mol. The van der Waals surface area contributed by atoms with Gasteiger partial charge in [-0.1, -0.05) is 55.0 Å². The van der Waals surface area contributed by atoms with Gasteiger partial charge in [-0.25, -0.2) is 0 Å². The number of carbonyl (C=O) groups is 1. The Hall–Kier alpha value is -2.18. The molecule has 136 valence electrons. The molecule has 1 N–H and O–H groups in total. The van der Waals surface area contributed by atoms with Gasteiger partial charge in [0.1, 0.15) is 6.54 Å². The van der Waals surface area contributed by atoms with Crippen LogP contribution >= 0.6 is 22.7 Å². The molecular formula is C20H22N2O2S2. The van der Waals surface area contributed by atoms with E-state index in [-0.39, 0.29) is 23.4 Å². The Kier molecular flexibility index (Phi) is 6.06. The second-order valence-electron chi connectivity index (χ2n) is 6.24. The summed E-state index contributed by atoms with van der Waals surface area (Å²) >= 11 is 2.74. The lowest BCUT2D eigenvalue weighted by molar-refractivity contribution is -0.122. The number of aromatic nitrogens is 1. The molecule has 0 fully saturated rings. The van der Waals surface area contributed by atoms with E-state index >= 15 is 0 Å². The number of benzene rings is 1. The van der Waals surface area contributed by atoms with Crippen molar-refractivity contribution in [2.24, 2.45) is 0 Å². The third-order valence-corrected chi connectivity index (χ3v) is 6.08. The fourth-order valence-electron chi connectivity index (χ4n) is 2.89. The maximum absolute atomic E-state index is 12.6. The zero-order chi connectivity index (χ0) is 18.5. The quantitative estimate of drug-likeness (QED) is 0.663. The Labute approximate surface area is 161 Å². The van der Waals surface area contributed by atoms with E-state index in [0.717, 1.165) is 40.3 Å². The van der Waals surface area contributed by atoms with Crippen LogP contribution in [0.5, 0.6) is 0 Å². The predicted molar refractivity (Wildman–Crippen MR) is 108 cm³/mol. The lowest BCUT2D eigenvalue weighted by Gasteiger charge is -2.19. The number of aryl methyl sites for hydroxylation is 2. The molecule has 0 aliphatic carbocycles. The summed E-state index contributed by atoms with van der Waals surface area (Å²) in [5.74, 6) is -0.162. The van der Waals surface area contributed by atoms with Crippen molar-refractivity contribution in [3.05, 3.63) is 78.5 Å². The summed E-state index contributed by atoms with van der Waals surface area (Å²) in [6, 6.07) is 12.2. The topological polar surface area (TPSA) is 51.1 Å². The van der Waals surface area contributed by atoms with Crippen molar-refractivity contribution in [2.45, 2.75) is 39.3 Å². The third kappa shape index (κ3) is 4.31. The normalized spacial score (nSPS) is 12.1. The average Bonchev–Trinajstić information content (AvgIpc) is 3.27. The Bertz CT molecular complexity index is 908. The van der Waals surface area contributed by atoms with Crippen molar-refractivity contribution in [1.29, 1.82) is 0 Å². The molecular weight excluding hydrogens is 364 g/mol. The smallest absolute Gasteiger partial charge is 0.307 e. The second-order valence-corrected chi connectivity index (χ2v) is 8.04. The van der Waals surface area contributed by atoms with Gasteiger partial charge in [-0.2, -0.15) is 0 Å². The SMILES string of the molecule is CCCc1ccc(C(NC(=O)Cn2c(C)csc2=O)c2cccs2)cc1. The van der Waals surface area contributed by atoms with Gasteiger partial charge in [0.05, 0.1) is 6.04 Å². The zero-order valence-electron chi connectivity index (χ0n) is 14.9. The van der Waals surface area contributed by atoms with Crippen LogP contribution in [-0.4, -0.2) is 10.5 Å². The lowest BCUT2D eigenvalue weighted by Crippen LogP contribution is -2.34. The van der Waals surface area contributed by atoms with Crippen molar-refractivity contribution in [3.8, 4) is 0 Å².